The van der Waals surface area contributed by atoms with Crippen molar-refractivity contribution in [1.29, 1.82) is 0 Å². The number of aromatic nitrogens is 2. The summed E-state index contributed by atoms with van der Waals surface area (Å²) in [6.07, 6.45) is 5.79. The molecule has 1 aromatic carbocycles. The Morgan fingerprint density at radius 2 is 2.25 bits per heavy atom. The molecule has 126 valence electrons. The average molecular weight is 331 g/mol. The molecule has 0 aliphatic carbocycles. The molecule has 2 rings (SSSR count). The quantitative estimate of drug-likeness (QED) is 0.560. The van der Waals surface area contributed by atoms with Crippen molar-refractivity contribution >= 4 is 18.0 Å². The molecule has 0 unspecified atom stereocenters. The lowest BCUT2D eigenvalue weighted by molar-refractivity contribution is -0.141. The first-order valence-corrected chi connectivity index (χ1v) is 7.05. The molecule has 8 nitrogen and oxygen atoms in total. The second-order valence-electron chi connectivity index (χ2n) is 4.93. The smallest absolute Gasteiger partial charge is 0.326 e. The third-order valence-electron chi connectivity index (χ3n) is 3.21. The van der Waals surface area contributed by atoms with Crippen LogP contribution in [0.25, 0.3) is 6.08 Å². The average Bonchev–Trinajstić information content (AvgIpc) is 3.06. The molecule has 0 saturated heterocycles. The van der Waals surface area contributed by atoms with Gasteiger partial charge in [-0.05, 0) is 23.8 Å². The maximum absolute atomic E-state index is 11.9. The lowest BCUT2D eigenvalue weighted by Gasteiger charge is -2.11. The minimum absolute atomic E-state index is 0.0101. The van der Waals surface area contributed by atoms with E-state index in [9.17, 15) is 19.8 Å². The van der Waals surface area contributed by atoms with Crippen LogP contribution in [0.15, 0.2) is 36.8 Å². The van der Waals surface area contributed by atoms with Crippen LogP contribution < -0.4 is 10.1 Å². The van der Waals surface area contributed by atoms with E-state index >= 15 is 0 Å². The van der Waals surface area contributed by atoms with Crippen LogP contribution in [0.1, 0.15) is 11.3 Å². The number of imidazole rings is 1. The van der Waals surface area contributed by atoms with Crippen LogP contribution in [-0.2, 0) is 16.0 Å². The van der Waals surface area contributed by atoms with Crippen molar-refractivity contribution in [3.05, 3.63) is 48.1 Å². The number of rotatable bonds is 7. The largest absolute Gasteiger partial charge is 0.504 e. The van der Waals surface area contributed by atoms with Gasteiger partial charge in [-0.2, -0.15) is 0 Å². The van der Waals surface area contributed by atoms with Gasteiger partial charge in [0.15, 0.2) is 11.5 Å². The molecular formula is C16H17N3O5. The first kappa shape index (κ1) is 17.1. The van der Waals surface area contributed by atoms with Gasteiger partial charge in [0.05, 0.1) is 19.1 Å². The van der Waals surface area contributed by atoms with Crippen molar-refractivity contribution in [2.45, 2.75) is 12.5 Å². The number of hydrogen-bond donors (Lipinski definition) is 4. The zero-order chi connectivity index (χ0) is 17.5. The number of carbonyl (C=O) groups excluding carboxylic acids is 1. The van der Waals surface area contributed by atoms with E-state index < -0.39 is 17.9 Å². The number of ether oxygens (including phenoxy) is 1. The summed E-state index contributed by atoms with van der Waals surface area (Å²) >= 11 is 0. The number of nitrogens with one attached hydrogen (secondary N) is 2. The summed E-state index contributed by atoms with van der Waals surface area (Å²) in [4.78, 5) is 29.8. The number of carboxylic acid groups (broad SMARTS) is 1. The molecular weight excluding hydrogens is 314 g/mol. The summed E-state index contributed by atoms with van der Waals surface area (Å²) in [5, 5.41) is 21.1. The number of aromatic amines is 1. The summed E-state index contributed by atoms with van der Waals surface area (Å²) in [7, 11) is 1.42. The first-order chi connectivity index (χ1) is 11.5. The van der Waals surface area contributed by atoms with Crippen molar-refractivity contribution in [2.24, 2.45) is 0 Å². The molecule has 0 spiro atoms. The number of amides is 1. The van der Waals surface area contributed by atoms with E-state index in [0.29, 0.717) is 11.3 Å². The monoisotopic (exact) mass is 331 g/mol. The summed E-state index contributed by atoms with van der Waals surface area (Å²) in [6, 6.07) is 3.51. The van der Waals surface area contributed by atoms with Crippen molar-refractivity contribution in [2.75, 3.05) is 7.11 Å². The second-order valence-corrected chi connectivity index (χ2v) is 4.93. The zero-order valence-corrected chi connectivity index (χ0v) is 12.9. The molecule has 2 aromatic rings. The van der Waals surface area contributed by atoms with Gasteiger partial charge in [0, 0.05) is 18.7 Å². The number of H-pyrrole nitrogens is 1. The summed E-state index contributed by atoms with van der Waals surface area (Å²) in [5.74, 6) is -1.43. The van der Waals surface area contributed by atoms with Crippen molar-refractivity contribution in [1.82, 2.24) is 15.3 Å². The van der Waals surface area contributed by atoms with E-state index in [1.54, 1.807) is 18.3 Å². The molecule has 1 amide bonds. The van der Waals surface area contributed by atoms with E-state index in [1.807, 2.05) is 0 Å². The van der Waals surface area contributed by atoms with Crippen LogP contribution >= 0.6 is 0 Å². The number of hydrogen-bond acceptors (Lipinski definition) is 5. The fourth-order valence-corrected chi connectivity index (χ4v) is 2.00. The van der Waals surface area contributed by atoms with Crippen LogP contribution in [-0.4, -0.2) is 45.2 Å². The standard InChI is InChI=1S/C16H17N3O5/c1-24-14-6-10(2-4-13(14)20)3-5-15(21)19-12(16(22)23)7-11-8-17-9-18-11/h2-6,8-9,12,20H,7H2,1H3,(H,17,18)(H,19,21)(H,22,23)/b5-3+/t12-/m0/s1. The van der Waals surface area contributed by atoms with Gasteiger partial charge in [0.2, 0.25) is 5.91 Å². The SMILES string of the molecule is COc1cc(/C=C/C(=O)N[C@@H](Cc2c[nH]cn2)C(=O)O)ccc1O. The van der Waals surface area contributed by atoms with E-state index in [4.69, 9.17) is 4.74 Å². The number of aromatic hydroxyl groups is 1. The molecule has 0 aliphatic rings. The van der Waals surface area contributed by atoms with Gasteiger partial charge in [-0.25, -0.2) is 9.78 Å². The third-order valence-corrected chi connectivity index (χ3v) is 3.21. The molecule has 0 fully saturated rings. The zero-order valence-electron chi connectivity index (χ0n) is 12.9. The van der Waals surface area contributed by atoms with Crippen LogP contribution in [0.3, 0.4) is 0 Å². The second kappa shape index (κ2) is 7.82. The lowest BCUT2D eigenvalue weighted by Crippen LogP contribution is -2.41. The highest BCUT2D eigenvalue weighted by Crippen LogP contribution is 2.26. The molecule has 0 aliphatic heterocycles. The van der Waals surface area contributed by atoms with Gasteiger partial charge in [-0.3, -0.25) is 4.79 Å². The number of nitrogens with zero attached hydrogens (tertiary/aromatic N) is 1. The van der Waals surface area contributed by atoms with Crippen LogP contribution in [0, 0.1) is 0 Å². The Hall–Kier alpha value is -3.29. The fourth-order valence-electron chi connectivity index (χ4n) is 2.00. The molecule has 0 radical (unpaired) electrons. The Morgan fingerprint density at radius 1 is 1.46 bits per heavy atom. The number of carboxylic acids is 1. The Kier molecular flexibility index (Phi) is 5.56. The van der Waals surface area contributed by atoms with Gasteiger partial charge in [-0.1, -0.05) is 6.07 Å². The highest BCUT2D eigenvalue weighted by atomic mass is 16.5. The highest BCUT2D eigenvalue weighted by molar-refractivity contribution is 5.94. The van der Waals surface area contributed by atoms with E-state index in [-0.39, 0.29) is 17.9 Å². The predicted molar refractivity (Wildman–Crippen MR) is 85.6 cm³/mol. The van der Waals surface area contributed by atoms with Crippen molar-refractivity contribution < 1.29 is 24.5 Å². The number of benzene rings is 1. The first-order valence-electron chi connectivity index (χ1n) is 7.05. The molecule has 1 atom stereocenters. The maximum Gasteiger partial charge on any atom is 0.326 e. The number of aliphatic carboxylic acids is 1. The molecule has 1 heterocycles. The third kappa shape index (κ3) is 4.60. The highest BCUT2D eigenvalue weighted by Gasteiger charge is 2.20. The topological polar surface area (TPSA) is 125 Å². The number of methoxy groups -OCH3 is 1. The molecule has 0 saturated carbocycles. The van der Waals surface area contributed by atoms with Gasteiger partial charge in [-0.15, -0.1) is 0 Å². The Labute approximate surface area is 137 Å². The van der Waals surface area contributed by atoms with Crippen LogP contribution in [0.4, 0.5) is 0 Å². The van der Waals surface area contributed by atoms with E-state index in [2.05, 4.69) is 15.3 Å². The number of phenolic OH excluding ortho intramolecular Hbond substituents is 1. The predicted octanol–water partition coefficient (Wildman–Crippen LogP) is 0.949. The molecule has 0 bridgehead atoms. The van der Waals surface area contributed by atoms with Crippen molar-refractivity contribution in [3.8, 4) is 11.5 Å². The molecule has 24 heavy (non-hydrogen) atoms. The molecule has 4 N–H and O–H groups in total. The summed E-state index contributed by atoms with van der Waals surface area (Å²) in [6.45, 7) is 0. The van der Waals surface area contributed by atoms with Gasteiger partial charge < -0.3 is 25.3 Å². The van der Waals surface area contributed by atoms with E-state index in [1.165, 1.54) is 31.7 Å². The Morgan fingerprint density at radius 3 is 2.88 bits per heavy atom. The number of phenols is 1. The van der Waals surface area contributed by atoms with E-state index in [0.717, 1.165) is 0 Å². The van der Waals surface area contributed by atoms with Crippen LogP contribution in [0.5, 0.6) is 11.5 Å². The lowest BCUT2D eigenvalue weighted by atomic mass is 10.1. The Bertz CT molecular complexity index is 740. The normalized spacial score (nSPS) is 12.0. The molecule has 1 aromatic heterocycles. The molecule has 8 heteroatoms. The Balaban J connectivity index is 2.01. The van der Waals surface area contributed by atoms with Gasteiger partial charge >= 0.3 is 5.97 Å². The minimum Gasteiger partial charge on any atom is -0.504 e. The van der Waals surface area contributed by atoms with Crippen LogP contribution in [0.2, 0.25) is 0 Å². The van der Waals surface area contributed by atoms with Gasteiger partial charge in [0.1, 0.15) is 6.04 Å². The van der Waals surface area contributed by atoms with Gasteiger partial charge in [0.25, 0.3) is 0 Å². The number of carbonyl (C=O) groups is 2. The maximum atomic E-state index is 11.9. The summed E-state index contributed by atoms with van der Waals surface area (Å²) < 4.78 is 4.98. The summed E-state index contributed by atoms with van der Waals surface area (Å²) in [5.41, 5.74) is 1.16. The minimum atomic E-state index is -1.15. The van der Waals surface area contributed by atoms with Crippen molar-refractivity contribution in [3.63, 3.8) is 0 Å². The fraction of sp³-hybridized carbons (Fsp3) is 0.188.